The number of anilines is 1. The SMILES string of the molecule is Nc1nccn2c(C3CC(N4CCN(Cc5cnc[nH]5)CC4)C3)nc(-c3ccc4ccc(-c5ccccc5)nc4c3)c12. The second-order valence-corrected chi connectivity index (χ2v) is 11.5. The van der Waals surface area contributed by atoms with Gasteiger partial charge in [0.1, 0.15) is 22.9 Å². The third-order valence-corrected chi connectivity index (χ3v) is 9.00. The van der Waals surface area contributed by atoms with E-state index in [1.165, 1.54) is 5.69 Å². The minimum atomic E-state index is 0.393. The zero-order valence-electron chi connectivity index (χ0n) is 23.4. The van der Waals surface area contributed by atoms with Gasteiger partial charge in [-0.3, -0.25) is 14.2 Å². The largest absolute Gasteiger partial charge is 0.382 e. The van der Waals surface area contributed by atoms with Gasteiger partial charge in [0.15, 0.2) is 0 Å². The van der Waals surface area contributed by atoms with E-state index in [0.717, 1.165) is 90.3 Å². The molecule has 0 atom stereocenters. The summed E-state index contributed by atoms with van der Waals surface area (Å²) < 4.78 is 2.17. The van der Waals surface area contributed by atoms with Crippen LogP contribution in [-0.4, -0.2) is 71.3 Å². The number of nitrogen functional groups attached to an aromatic ring is 1. The van der Waals surface area contributed by atoms with E-state index < -0.39 is 0 Å². The van der Waals surface area contributed by atoms with E-state index in [4.69, 9.17) is 15.7 Å². The van der Waals surface area contributed by atoms with Crippen LogP contribution < -0.4 is 5.73 Å². The van der Waals surface area contributed by atoms with Crippen molar-refractivity contribution < 1.29 is 0 Å². The molecule has 9 heteroatoms. The summed E-state index contributed by atoms with van der Waals surface area (Å²) >= 11 is 0. The monoisotopic (exact) mass is 555 g/mol. The van der Waals surface area contributed by atoms with Crippen molar-refractivity contribution in [2.45, 2.75) is 31.3 Å². The van der Waals surface area contributed by atoms with Crippen LogP contribution in [0.2, 0.25) is 0 Å². The molecule has 42 heavy (non-hydrogen) atoms. The molecule has 9 nitrogen and oxygen atoms in total. The molecule has 3 N–H and O–H groups in total. The van der Waals surface area contributed by atoms with Crippen LogP contribution in [0.5, 0.6) is 0 Å². The van der Waals surface area contributed by atoms with Crippen molar-refractivity contribution in [2.24, 2.45) is 0 Å². The van der Waals surface area contributed by atoms with Crippen LogP contribution in [0.25, 0.3) is 38.9 Å². The summed E-state index contributed by atoms with van der Waals surface area (Å²) in [5.41, 5.74) is 13.4. The quantitative estimate of drug-likeness (QED) is 0.299. The number of nitrogens with zero attached hydrogens (tertiary/aromatic N) is 7. The van der Waals surface area contributed by atoms with Crippen molar-refractivity contribution in [3.05, 3.63) is 97.1 Å². The van der Waals surface area contributed by atoms with Gasteiger partial charge in [0.25, 0.3) is 0 Å². The molecule has 0 amide bonds. The summed E-state index contributed by atoms with van der Waals surface area (Å²) in [5, 5.41) is 1.10. The van der Waals surface area contributed by atoms with Gasteiger partial charge in [-0.2, -0.15) is 0 Å². The van der Waals surface area contributed by atoms with Crippen molar-refractivity contribution in [3.8, 4) is 22.5 Å². The lowest BCUT2D eigenvalue weighted by molar-refractivity contribution is 0.0468. The van der Waals surface area contributed by atoms with Crippen molar-refractivity contribution in [2.75, 3.05) is 31.9 Å². The first-order chi connectivity index (χ1) is 20.7. The number of rotatable bonds is 6. The van der Waals surface area contributed by atoms with Crippen molar-refractivity contribution in [1.82, 2.24) is 39.1 Å². The molecule has 2 aliphatic rings. The molecule has 6 aromatic rings. The molecule has 4 aromatic heterocycles. The standard InChI is InChI=1S/C33H33N9/c34-32-31-30(24-7-6-23-8-9-28(38-29(23)18-24)22-4-2-1-3-5-22)39-33(42(31)11-10-36-32)25-16-27(17-25)41-14-12-40(13-15-41)20-26-19-35-21-37-26/h1-11,18-19,21,25,27H,12-17,20H2,(H2,34,36)(H,35,37). The molecule has 2 fully saturated rings. The van der Waals surface area contributed by atoms with Crippen LogP contribution in [0.3, 0.4) is 0 Å². The first-order valence-corrected chi connectivity index (χ1v) is 14.7. The van der Waals surface area contributed by atoms with E-state index in [2.05, 4.69) is 71.6 Å². The predicted molar refractivity (Wildman–Crippen MR) is 165 cm³/mol. The minimum absolute atomic E-state index is 0.393. The summed E-state index contributed by atoms with van der Waals surface area (Å²) in [5.74, 6) is 1.97. The van der Waals surface area contributed by atoms with E-state index >= 15 is 0 Å². The van der Waals surface area contributed by atoms with Gasteiger partial charge in [0.2, 0.25) is 0 Å². The zero-order valence-corrected chi connectivity index (χ0v) is 23.4. The molecule has 0 unspecified atom stereocenters. The zero-order chi connectivity index (χ0) is 28.0. The van der Waals surface area contributed by atoms with Gasteiger partial charge in [0, 0.05) is 85.5 Å². The molecule has 1 saturated carbocycles. The summed E-state index contributed by atoms with van der Waals surface area (Å²) in [4.78, 5) is 27.2. The maximum absolute atomic E-state index is 6.48. The maximum Gasteiger partial charge on any atom is 0.150 e. The Kier molecular flexibility index (Phi) is 6.19. The molecule has 0 radical (unpaired) electrons. The molecule has 8 rings (SSSR count). The number of aromatic amines is 1. The molecule has 5 heterocycles. The van der Waals surface area contributed by atoms with E-state index in [1.54, 1.807) is 12.5 Å². The number of piperazine rings is 1. The van der Waals surface area contributed by atoms with Crippen LogP contribution in [0, 0.1) is 0 Å². The summed E-state index contributed by atoms with van der Waals surface area (Å²) in [6.07, 6.45) is 9.69. The van der Waals surface area contributed by atoms with Crippen LogP contribution in [-0.2, 0) is 6.54 Å². The van der Waals surface area contributed by atoms with Gasteiger partial charge in [-0.1, -0.05) is 48.5 Å². The van der Waals surface area contributed by atoms with Crippen molar-refractivity contribution in [1.29, 1.82) is 0 Å². The van der Waals surface area contributed by atoms with E-state index in [0.29, 0.717) is 17.8 Å². The molecule has 1 aliphatic heterocycles. The van der Waals surface area contributed by atoms with E-state index in [-0.39, 0.29) is 0 Å². The Bertz CT molecular complexity index is 1850. The van der Waals surface area contributed by atoms with Crippen LogP contribution in [0.15, 0.2) is 85.6 Å². The van der Waals surface area contributed by atoms with Gasteiger partial charge >= 0.3 is 0 Å². The van der Waals surface area contributed by atoms with Gasteiger partial charge in [0.05, 0.1) is 17.5 Å². The molecule has 0 bridgehead atoms. The second-order valence-electron chi connectivity index (χ2n) is 11.5. The Morgan fingerprint density at radius 3 is 2.55 bits per heavy atom. The maximum atomic E-state index is 6.48. The Morgan fingerprint density at radius 2 is 1.74 bits per heavy atom. The smallest absolute Gasteiger partial charge is 0.150 e. The molecule has 1 saturated heterocycles. The predicted octanol–water partition coefficient (Wildman–Crippen LogP) is 4.98. The number of hydrogen-bond donors (Lipinski definition) is 2. The van der Waals surface area contributed by atoms with Crippen molar-refractivity contribution >= 4 is 22.2 Å². The first kappa shape index (κ1) is 25.1. The topological polar surface area (TPSA) is 104 Å². The number of fused-ring (bicyclic) bond motifs is 2. The normalized spacial score (nSPS) is 19.8. The molecule has 1 aliphatic carbocycles. The number of pyridine rings is 1. The number of benzene rings is 2. The highest BCUT2D eigenvalue weighted by molar-refractivity contribution is 5.91. The average Bonchev–Trinajstić information content (AvgIpc) is 3.66. The van der Waals surface area contributed by atoms with Crippen LogP contribution >= 0.6 is 0 Å². The summed E-state index contributed by atoms with van der Waals surface area (Å²) in [6.45, 7) is 5.31. The molecular weight excluding hydrogens is 522 g/mol. The highest BCUT2D eigenvalue weighted by Crippen LogP contribution is 2.42. The summed E-state index contributed by atoms with van der Waals surface area (Å²) in [6, 6.07) is 21.5. The fraction of sp³-hybridized carbons (Fsp3) is 0.273. The minimum Gasteiger partial charge on any atom is -0.382 e. The fourth-order valence-electron chi connectivity index (χ4n) is 6.61. The third-order valence-electron chi connectivity index (χ3n) is 9.00. The summed E-state index contributed by atoms with van der Waals surface area (Å²) in [7, 11) is 0. The molecule has 210 valence electrons. The van der Waals surface area contributed by atoms with Gasteiger partial charge in [-0.15, -0.1) is 0 Å². The van der Waals surface area contributed by atoms with Crippen molar-refractivity contribution in [3.63, 3.8) is 0 Å². The number of hydrogen-bond acceptors (Lipinski definition) is 7. The highest BCUT2D eigenvalue weighted by atomic mass is 15.3. The number of nitrogens with two attached hydrogens (primary N) is 1. The second kappa shape index (κ2) is 10.3. The Hall–Kier alpha value is -4.60. The van der Waals surface area contributed by atoms with Gasteiger partial charge in [-0.05, 0) is 25.0 Å². The molecule has 2 aromatic carbocycles. The first-order valence-electron chi connectivity index (χ1n) is 14.7. The lowest BCUT2D eigenvalue weighted by Gasteiger charge is -2.46. The Balaban J connectivity index is 1.04. The van der Waals surface area contributed by atoms with Gasteiger partial charge < -0.3 is 10.7 Å². The molecule has 0 spiro atoms. The van der Waals surface area contributed by atoms with Crippen LogP contribution in [0.1, 0.15) is 30.3 Å². The highest BCUT2D eigenvalue weighted by Gasteiger charge is 2.38. The number of imidazole rings is 2. The Morgan fingerprint density at radius 1 is 0.905 bits per heavy atom. The fourth-order valence-corrected chi connectivity index (χ4v) is 6.61. The number of aromatic nitrogens is 6. The Labute approximate surface area is 244 Å². The van der Waals surface area contributed by atoms with E-state index in [9.17, 15) is 0 Å². The number of H-pyrrole nitrogens is 1. The third kappa shape index (κ3) is 4.51. The van der Waals surface area contributed by atoms with Crippen LogP contribution in [0.4, 0.5) is 5.82 Å². The average molecular weight is 556 g/mol. The van der Waals surface area contributed by atoms with Gasteiger partial charge in [-0.25, -0.2) is 19.9 Å². The lowest BCUT2D eigenvalue weighted by atomic mass is 9.78. The lowest BCUT2D eigenvalue weighted by Crippen LogP contribution is -2.53. The molecular formula is C33H33N9. The van der Waals surface area contributed by atoms with E-state index in [1.807, 2.05) is 30.6 Å². The number of nitrogens with one attached hydrogen (secondary N) is 1.